The number of fused-ring (bicyclic) bond motifs is 1. The summed E-state index contributed by atoms with van der Waals surface area (Å²) in [6.07, 6.45) is 3.39. The number of nitrogens with zero attached hydrogens (tertiary/aromatic N) is 3. The van der Waals surface area contributed by atoms with Crippen LogP contribution in [0, 0.1) is 0 Å². The fourth-order valence-corrected chi connectivity index (χ4v) is 5.22. The Morgan fingerprint density at radius 1 is 1.03 bits per heavy atom. The van der Waals surface area contributed by atoms with Gasteiger partial charge in [0.1, 0.15) is 16.9 Å². The average molecular weight is 513 g/mol. The van der Waals surface area contributed by atoms with Crippen LogP contribution in [0.2, 0.25) is 10.0 Å². The number of aromatic nitrogens is 2. The van der Waals surface area contributed by atoms with Crippen LogP contribution in [-0.4, -0.2) is 39.2 Å². The lowest BCUT2D eigenvalue weighted by Crippen LogP contribution is -2.36. The van der Waals surface area contributed by atoms with Gasteiger partial charge in [0.15, 0.2) is 0 Å². The molecule has 1 saturated heterocycles. The van der Waals surface area contributed by atoms with Crippen LogP contribution >= 0.6 is 23.2 Å². The second-order valence-corrected chi connectivity index (χ2v) is 9.63. The molecule has 4 aromatic rings. The van der Waals surface area contributed by atoms with Gasteiger partial charge in [-0.1, -0.05) is 23.2 Å². The lowest BCUT2D eigenvalue weighted by atomic mass is 10.1. The molecule has 1 aliphatic rings. The summed E-state index contributed by atoms with van der Waals surface area (Å²) in [5, 5.41) is 4.49. The summed E-state index contributed by atoms with van der Waals surface area (Å²) in [6.45, 7) is 0.964. The maximum Gasteiger partial charge on any atom is 0.257 e. The summed E-state index contributed by atoms with van der Waals surface area (Å²) < 4.78 is 19.1. The van der Waals surface area contributed by atoms with Crippen molar-refractivity contribution in [2.45, 2.75) is 0 Å². The van der Waals surface area contributed by atoms with Gasteiger partial charge in [0.25, 0.3) is 5.91 Å². The van der Waals surface area contributed by atoms with Gasteiger partial charge in [-0.3, -0.25) is 19.1 Å². The minimum absolute atomic E-state index is 0.139. The van der Waals surface area contributed by atoms with Crippen molar-refractivity contribution in [3.05, 3.63) is 82.6 Å². The van der Waals surface area contributed by atoms with E-state index in [1.807, 2.05) is 18.2 Å². The highest BCUT2D eigenvalue weighted by Gasteiger charge is 2.21. The third-order valence-corrected chi connectivity index (χ3v) is 7.26. The zero-order chi connectivity index (χ0) is 23.7. The molecule has 0 aliphatic carbocycles. The number of benzene rings is 2. The number of carbonyl (C=O) groups excluding carboxylic acids is 1. The topological polar surface area (TPSA) is 84.4 Å². The van der Waals surface area contributed by atoms with Crippen LogP contribution in [0.4, 0.5) is 11.4 Å². The van der Waals surface area contributed by atoms with E-state index in [0.29, 0.717) is 46.4 Å². The van der Waals surface area contributed by atoms with Gasteiger partial charge in [-0.05, 0) is 54.6 Å². The first kappa shape index (κ1) is 22.7. The maximum absolute atomic E-state index is 13.0. The zero-order valence-electron chi connectivity index (χ0n) is 17.7. The molecule has 3 heterocycles. The number of amides is 1. The number of halogens is 2. The van der Waals surface area contributed by atoms with Crippen LogP contribution < -0.4 is 9.62 Å². The van der Waals surface area contributed by atoms with Gasteiger partial charge >= 0.3 is 0 Å². The van der Waals surface area contributed by atoms with Crippen LogP contribution in [0.5, 0.6) is 0 Å². The number of nitrogens with one attached hydrogen (secondary N) is 1. The molecular formula is C24H18Cl2N4O3S. The first-order valence-electron chi connectivity index (χ1n) is 10.4. The van der Waals surface area contributed by atoms with Gasteiger partial charge in [0.05, 0.1) is 45.7 Å². The maximum atomic E-state index is 13.0. The molecule has 2 aromatic heterocycles. The molecule has 1 aliphatic heterocycles. The van der Waals surface area contributed by atoms with Crippen molar-refractivity contribution in [2.24, 2.45) is 0 Å². The highest BCUT2D eigenvalue weighted by molar-refractivity contribution is 7.86. The Balaban J connectivity index is 1.42. The van der Waals surface area contributed by atoms with E-state index in [0.717, 1.165) is 10.9 Å². The lowest BCUT2D eigenvalue weighted by Gasteiger charge is -2.27. The fraction of sp³-hybridized carbons (Fsp3) is 0.125. The second kappa shape index (κ2) is 9.68. The number of ether oxygens (including phenoxy) is 1. The smallest absolute Gasteiger partial charge is 0.257 e. The van der Waals surface area contributed by atoms with E-state index in [-0.39, 0.29) is 16.9 Å². The molecule has 0 spiro atoms. The Labute approximate surface area is 208 Å². The molecule has 7 nitrogen and oxygen atoms in total. The van der Waals surface area contributed by atoms with E-state index in [9.17, 15) is 9.00 Å². The Hall–Kier alpha value is -3.04. The van der Waals surface area contributed by atoms with Gasteiger partial charge < -0.3 is 10.1 Å². The first-order valence-corrected chi connectivity index (χ1v) is 12.4. The number of hydrogen-bond acceptors (Lipinski definition) is 5. The third-order valence-electron chi connectivity index (χ3n) is 5.36. The van der Waals surface area contributed by atoms with Gasteiger partial charge in [0.2, 0.25) is 0 Å². The Morgan fingerprint density at radius 3 is 2.74 bits per heavy atom. The van der Waals surface area contributed by atoms with Crippen molar-refractivity contribution in [3.63, 3.8) is 0 Å². The minimum atomic E-state index is -1.29. The molecule has 172 valence electrons. The second-order valence-electron chi connectivity index (χ2n) is 7.49. The van der Waals surface area contributed by atoms with E-state index in [4.69, 9.17) is 27.9 Å². The number of pyridine rings is 2. The van der Waals surface area contributed by atoms with E-state index in [1.54, 1.807) is 53.1 Å². The SMILES string of the molecule is O=C(Nc1ccc(Cl)c(-c2nccc3ncccc23)c1)c1ccc(N2CCOCS2=O)cc1Cl. The molecule has 2 aromatic carbocycles. The molecule has 10 heteroatoms. The highest BCUT2D eigenvalue weighted by atomic mass is 35.5. The van der Waals surface area contributed by atoms with Crippen LogP contribution in [0.25, 0.3) is 22.2 Å². The zero-order valence-corrected chi connectivity index (χ0v) is 20.0. The van der Waals surface area contributed by atoms with Gasteiger partial charge in [-0.15, -0.1) is 0 Å². The largest absolute Gasteiger partial charge is 0.364 e. The predicted octanol–water partition coefficient (Wildman–Crippen LogP) is 5.31. The monoisotopic (exact) mass is 512 g/mol. The average Bonchev–Trinajstić information content (AvgIpc) is 2.85. The van der Waals surface area contributed by atoms with Gasteiger partial charge in [-0.2, -0.15) is 0 Å². The Kier molecular flexibility index (Phi) is 6.47. The minimum Gasteiger partial charge on any atom is -0.364 e. The predicted molar refractivity (Wildman–Crippen MR) is 136 cm³/mol. The molecule has 1 amide bonds. The third kappa shape index (κ3) is 4.50. The van der Waals surface area contributed by atoms with Crippen molar-refractivity contribution < 1.29 is 13.7 Å². The summed E-state index contributed by atoms with van der Waals surface area (Å²) >= 11 is 12.9. The molecule has 5 rings (SSSR count). The summed E-state index contributed by atoms with van der Waals surface area (Å²) in [5.74, 6) is -0.235. The summed E-state index contributed by atoms with van der Waals surface area (Å²) in [5.41, 5.74) is 3.66. The Morgan fingerprint density at radius 2 is 1.91 bits per heavy atom. The molecular weight excluding hydrogens is 495 g/mol. The first-order chi connectivity index (χ1) is 16.5. The van der Waals surface area contributed by atoms with Crippen molar-refractivity contribution in [1.82, 2.24) is 9.97 Å². The molecule has 0 saturated carbocycles. The summed E-state index contributed by atoms with van der Waals surface area (Å²) in [7, 11) is -1.29. The normalized spacial score (nSPS) is 15.9. The van der Waals surface area contributed by atoms with Crippen LogP contribution in [0.15, 0.2) is 67.0 Å². The van der Waals surface area contributed by atoms with Crippen molar-refractivity contribution in [2.75, 3.05) is 28.7 Å². The number of rotatable bonds is 4. The molecule has 0 bridgehead atoms. The van der Waals surface area contributed by atoms with Crippen molar-refractivity contribution in [3.8, 4) is 11.3 Å². The lowest BCUT2D eigenvalue weighted by molar-refractivity contribution is 0.102. The number of carbonyl (C=O) groups is 1. The molecule has 1 N–H and O–H groups in total. The fourth-order valence-electron chi connectivity index (χ4n) is 3.73. The molecule has 34 heavy (non-hydrogen) atoms. The summed E-state index contributed by atoms with van der Waals surface area (Å²) in [4.78, 5) is 21.8. The highest BCUT2D eigenvalue weighted by Crippen LogP contribution is 2.34. The molecule has 1 atom stereocenters. The van der Waals surface area contributed by atoms with Gasteiger partial charge in [0, 0.05) is 29.0 Å². The number of anilines is 2. The van der Waals surface area contributed by atoms with Crippen LogP contribution in [-0.2, 0) is 15.7 Å². The standard InChI is InChI=1S/C24H18Cl2N4O3S/c25-20-6-3-15(12-19(20)23-18-2-1-8-27-22(18)7-9-28-23)29-24(31)17-5-4-16(13-21(17)26)30-10-11-33-14-34(30)32/h1-9,12-13H,10-11,14H2,(H,29,31). The van der Waals surface area contributed by atoms with E-state index < -0.39 is 11.0 Å². The molecule has 1 fully saturated rings. The number of hydrogen-bond donors (Lipinski definition) is 1. The molecule has 1 unspecified atom stereocenters. The van der Waals surface area contributed by atoms with Gasteiger partial charge in [-0.25, -0.2) is 4.21 Å². The molecule has 0 radical (unpaired) electrons. The van der Waals surface area contributed by atoms with Crippen molar-refractivity contribution >= 4 is 62.4 Å². The quantitative estimate of drug-likeness (QED) is 0.400. The Bertz CT molecular complexity index is 1430. The van der Waals surface area contributed by atoms with Crippen LogP contribution in [0.1, 0.15) is 10.4 Å². The van der Waals surface area contributed by atoms with E-state index in [2.05, 4.69) is 15.3 Å². The van der Waals surface area contributed by atoms with Crippen molar-refractivity contribution in [1.29, 1.82) is 0 Å². The van der Waals surface area contributed by atoms with E-state index in [1.165, 1.54) is 0 Å². The summed E-state index contributed by atoms with van der Waals surface area (Å²) in [6, 6.07) is 15.8. The van der Waals surface area contributed by atoms with E-state index >= 15 is 0 Å². The van der Waals surface area contributed by atoms with Crippen LogP contribution in [0.3, 0.4) is 0 Å².